The first-order valence-corrected chi connectivity index (χ1v) is 5.51. The van der Waals surface area contributed by atoms with Crippen molar-refractivity contribution in [1.29, 1.82) is 0 Å². The second kappa shape index (κ2) is 5.58. The number of nitrogens with one attached hydrogen (secondary N) is 1. The lowest BCUT2D eigenvalue weighted by molar-refractivity contribution is -0.119. The number of benzene rings is 1. The predicted octanol–water partition coefficient (Wildman–Crippen LogP) is 1.22. The Kier molecular flexibility index (Phi) is 4.39. The normalized spacial score (nSPS) is 16.4. The molecule has 6 heteroatoms. The van der Waals surface area contributed by atoms with Gasteiger partial charge >= 0.3 is 5.97 Å². The molecule has 1 aliphatic rings. The first kappa shape index (κ1) is 13.4. The Labute approximate surface area is 106 Å². The fourth-order valence-corrected chi connectivity index (χ4v) is 1.41. The van der Waals surface area contributed by atoms with Gasteiger partial charge in [-0.2, -0.15) is 0 Å². The van der Waals surface area contributed by atoms with Gasteiger partial charge in [0.1, 0.15) is 0 Å². The highest BCUT2D eigenvalue weighted by atomic mass is 79.9. The quantitative estimate of drug-likeness (QED) is 0.634. The molecule has 1 aromatic carbocycles. The van der Waals surface area contributed by atoms with Crippen LogP contribution in [0.3, 0.4) is 0 Å². The average Bonchev–Trinajstić information content (AvgIpc) is 2.96. The van der Waals surface area contributed by atoms with Crippen molar-refractivity contribution in [2.24, 2.45) is 0 Å². The molecule has 1 atom stereocenters. The molecule has 2 N–H and O–H groups in total. The number of rotatable bonds is 2. The van der Waals surface area contributed by atoms with E-state index < -0.39 is 12.0 Å². The highest BCUT2D eigenvalue weighted by Gasteiger charge is 2.37. The summed E-state index contributed by atoms with van der Waals surface area (Å²) in [5.74, 6) is -1.14. The molecule has 90 valence electrons. The Bertz CT molecular complexity index is 472. The van der Waals surface area contributed by atoms with E-state index in [4.69, 9.17) is 5.11 Å². The number of carboxylic acids is 1. The molecule has 5 nitrogen and oxygen atoms in total. The van der Waals surface area contributed by atoms with Crippen LogP contribution in [0.4, 0.5) is 0 Å². The molecule has 2 rings (SSSR count). The molecule has 1 saturated heterocycles. The summed E-state index contributed by atoms with van der Waals surface area (Å²) in [7, 11) is 0. The number of aromatic carboxylic acids is 1. The average molecular weight is 300 g/mol. The molecule has 0 saturated carbocycles. The summed E-state index contributed by atoms with van der Waals surface area (Å²) in [6.07, 6.45) is 0. The molecule has 0 bridgehead atoms. The molecule has 1 fully saturated rings. The standard InChI is InChI=1S/C7H5BrO2.C4H5NO2/c8-6-3-1-2-5(4-6)7(9)10;1-2(6)3-4(7)5-3/h1-4H,(H,9,10);3H,1H3,(H,5,7). The van der Waals surface area contributed by atoms with Crippen LogP contribution in [0.5, 0.6) is 0 Å². The van der Waals surface area contributed by atoms with Crippen LogP contribution in [0.15, 0.2) is 28.7 Å². The van der Waals surface area contributed by atoms with E-state index in [1.165, 1.54) is 6.92 Å². The molecule has 1 unspecified atom stereocenters. The zero-order valence-corrected chi connectivity index (χ0v) is 10.5. The summed E-state index contributed by atoms with van der Waals surface area (Å²) >= 11 is 3.17. The van der Waals surface area contributed by atoms with Crippen LogP contribution in [-0.4, -0.2) is 28.8 Å². The van der Waals surface area contributed by atoms with Crippen molar-refractivity contribution in [3.63, 3.8) is 0 Å². The van der Waals surface area contributed by atoms with Crippen molar-refractivity contribution in [2.45, 2.75) is 13.0 Å². The number of carboxylic acid groups (broad SMARTS) is 1. The van der Waals surface area contributed by atoms with Crippen LogP contribution in [0.25, 0.3) is 0 Å². The highest BCUT2D eigenvalue weighted by molar-refractivity contribution is 9.10. The number of Topliss-reactive ketones (excluding diaryl/α,β-unsaturated/α-hetero) is 1. The maximum atomic E-state index is 10.3. The molecule has 1 amide bonds. The van der Waals surface area contributed by atoms with Gasteiger partial charge in [0.05, 0.1) is 5.56 Å². The van der Waals surface area contributed by atoms with Gasteiger partial charge in [0, 0.05) is 4.47 Å². The van der Waals surface area contributed by atoms with Crippen molar-refractivity contribution in [1.82, 2.24) is 5.32 Å². The van der Waals surface area contributed by atoms with Gasteiger partial charge in [-0.3, -0.25) is 9.59 Å². The number of hydrogen-bond donors (Lipinski definition) is 2. The van der Waals surface area contributed by atoms with Crippen LogP contribution in [0.1, 0.15) is 17.3 Å². The van der Waals surface area contributed by atoms with E-state index in [0.717, 1.165) is 4.47 Å². The third kappa shape index (κ3) is 4.36. The molecular formula is C11H10BrNO4. The van der Waals surface area contributed by atoms with Gasteiger partial charge in [0.15, 0.2) is 11.8 Å². The third-order valence-electron chi connectivity index (χ3n) is 1.94. The van der Waals surface area contributed by atoms with E-state index >= 15 is 0 Å². The zero-order chi connectivity index (χ0) is 13.0. The van der Waals surface area contributed by atoms with Gasteiger partial charge in [-0.1, -0.05) is 22.0 Å². The van der Waals surface area contributed by atoms with Gasteiger partial charge in [0.2, 0.25) is 0 Å². The smallest absolute Gasteiger partial charge is 0.335 e. The molecule has 0 spiro atoms. The zero-order valence-electron chi connectivity index (χ0n) is 8.94. The minimum absolute atomic E-state index is 0.0926. The highest BCUT2D eigenvalue weighted by Crippen LogP contribution is 2.10. The van der Waals surface area contributed by atoms with Crippen molar-refractivity contribution in [2.75, 3.05) is 0 Å². The van der Waals surface area contributed by atoms with E-state index in [-0.39, 0.29) is 11.7 Å². The Morgan fingerprint density at radius 2 is 2.00 bits per heavy atom. The Hall–Kier alpha value is -1.69. The molecule has 1 aliphatic heterocycles. The summed E-state index contributed by atoms with van der Waals surface area (Å²) in [6, 6.07) is 6.12. The van der Waals surface area contributed by atoms with E-state index in [2.05, 4.69) is 21.2 Å². The topological polar surface area (TPSA) is 93.4 Å². The molecule has 1 aromatic rings. The van der Waals surface area contributed by atoms with E-state index in [0.29, 0.717) is 5.56 Å². The summed E-state index contributed by atoms with van der Waals surface area (Å²) in [6.45, 7) is 1.39. The second-order valence-electron chi connectivity index (χ2n) is 3.37. The fourth-order valence-electron chi connectivity index (χ4n) is 1.01. The molecule has 1 heterocycles. The summed E-state index contributed by atoms with van der Waals surface area (Å²) in [4.78, 5) is 30.5. The van der Waals surface area contributed by atoms with E-state index in [1.807, 2.05) is 0 Å². The van der Waals surface area contributed by atoms with Crippen molar-refractivity contribution >= 4 is 33.6 Å². The minimum atomic E-state index is -0.902. The Morgan fingerprint density at radius 3 is 2.24 bits per heavy atom. The number of ketones is 1. The van der Waals surface area contributed by atoms with Gasteiger partial charge in [-0.05, 0) is 25.1 Å². The Morgan fingerprint density at radius 1 is 1.41 bits per heavy atom. The monoisotopic (exact) mass is 299 g/mol. The number of carbonyl (C=O) groups is 3. The van der Waals surface area contributed by atoms with Crippen LogP contribution in [0, 0.1) is 0 Å². The third-order valence-corrected chi connectivity index (χ3v) is 2.44. The lowest BCUT2D eigenvalue weighted by Gasteiger charge is -1.92. The van der Waals surface area contributed by atoms with Gasteiger partial charge in [0.25, 0.3) is 5.91 Å². The molecule has 0 aromatic heterocycles. The van der Waals surface area contributed by atoms with Crippen LogP contribution < -0.4 is 5.32 Å². The molecule has 17 heavy (non-hydrogen) atoms. The number of hydrogen-bond acceptors (Lipinski definition) is 3. The SMILES string of the molecule is CC(=O)C1NC1=O.O=C(O)c1cccc(Br)c1. The lowest BCUT2D eigenvalue weighted by Crippen LogP contribution is -2.02. The first-order valence-electron chi connectivity index (χ1n) is 4.71. The van der Waals surface area contributed by atoms with Crippen LogP contribution in [-0.2, 0) is 9.59 Å². The first-order chi connectivity index (χ1) is 7.91. The number of amides is 1. The van der Waals surface area contributed by atoms with Crippen molar-refractivity contribution in [3.8, 4) is 0 Å². The van der Waals surface area contributed by atoms with Gasteiger partial charge in [-0.15, -0.1) is 0 Å². The maximum absolute atomic E-state index is 10.3. The molecular weight excluding hydrogens is 290 g/mol. The minimum Gasteiger partial charge on any atom is -0.478 e. The van der Waals surface area contributed by atoms with Gasteiger partial charge < -0.3 is 10.4 Å². The van der Waals surface area contributed by atoms with Crippen LogP contribution >= 0.6 is 15.9 Å². The molecule has 0 radical (unpaired) electrons. The summed E-state index contributed by atoms with van der Waals surface area (Å²) in [5, 5.41) is 10.8. The number of halogens is 1. The Balaban J connectivity index is 0.000000181. The second-order valence-corrected chi connectivity index (χ2v) is 4.28. The largest absolute Gasteiger partial charge is 0.478 e. The maximum Gasteiger partial charge on any atom is 0.335 e. The van der Waals surface area contributed by atoms with Gasteiger partial charge in [-0.25, -0.2) is 4.79 Å². The summed E-state index contributed by atoms with van der Waals surface area (Å²) < 4.78 is 0.785. The molecule has 0 aliphatic carbocycles. The van der Waals surface area contributed by atoms with Crippen LogP contribution in [0.2, 0.25) is 0 Å². The number of carbonyl (C=O) groups excluding carboxylic acids is 2. The fraction of sp³-hybridized carbons (Fsp3) is 0.182. The van der Waals surface area contributed by atoms with Crippen molar-refractivity contribution < 1.29 is 19.5 Å². The summed E-state index contributed by atoms with van der Waals surface area (Å²) in [5.41, 5.74) is 0.300. The van der Waals surface area contributed by atoms with E-state index in [9.17, 15) is 14.4 Å². The lowest BCUT2D eigenvalue weighted by atomic mass is 10.2. The van der Waals surface area contributed by atoms with Crippen molar-refractivity contribution in [3.05, 3.63) is 34.3 Å². The predicted molar refractivity (Wildman–Crippen MR) is 63.7 cm³/mol. The van der Waals surface area contributed by atoms with E-state index in [1.54, 1.807) is 24.3 Å².